The van der Waals surface area contributed by atoms with E-state index in [1.807, 2.05) is 54.6 Å². The Morgan fingerprint density at radius 2 is 1.71 bits per heavy atom. The molecular formula is C25H26N2O4. The van der Waals surface area contributed by atoms with Gasteiger partial charge in [-0.05, 0) is 29.5 Å². The van der Waals surface area contributed by atoms with Crippen LogP contribution in [0.5, 0.6) is 0 Å². The van der Waals surface area contributed by atoms with Crippen molar-refractivity contribution in [1.29, 1.82) is 0 Å². The number of amides is 1. The lowest BCUT2D eigenvalue weighted by Crippen LogP contribution is -2.39. The molecule has 2 N–H and O–H groups in total. The second kappa shape index (κ2) is 8.02. The maximum Gasteiger partial charge on any atom is 0.303 e. The van der Waals surface area contributed by atoms with Gasteiger partial charge in [0.1, 0.15) is 0 Å². The number of hydrogen-bond acceptors (Lipinski definition) is 4. The highest BCUT2D eigenvalue weighted by Crippen LogP contribution is 2.48. The molecule has 2 aromatic rings. The van der Waals surface area contributed by atoms with Gasteiger partial charge in [0.05, 0.1) is 23.8 Å². The van der Waals surface area contributed by atoms with Gasteiger partial charge in [-0.3, -0.25) is 19.3 Å². The molecule has 6 nitrogen and oxygen atoms in total. The largest absolute Gasteiger partial charge is 0.481 e. The fourth-order valence-corrected chi connectivity index (χ4v) is 4.55. The van der Waals surface area contributed by atoms with Gasteiger partial charge >= 0.3 is 5.97 Å². The molecule has 1 atom stereocenters. The highest BCUT2D eigenvalue weighted by Gasteiger charge is 2.43. The number of benzene rings is 2. The summed E-state index contributed by atoms with van der Waals surface area (Å²) in [5, 5.41) is 12.6. The zero-order chi connectivity index (χ0) is 22.2. The second-order valence-electron chi connectivity index (χ2n) is 8.95. The van der Waals surface area contributed by atoms with Gasteiger partial charge in [0.2, 0.25) is 5.91 Å². The minimum absolute atomic E-state index is 0.0106. The Hall–Kier alpha value is -3.41. The van der Waals surface area contributed by atoms with Gasteiger partial charge in [-0.15, -0.1) is 0 Å². The fourth-order valence-electron chi connectivity index (χ4n) is 4.55. The van der Waals surface area contributed by atoms with E-state index in [1.54, 1.807) is 4.90 Å². The Balaban J connectivity index is 1.94. The number of carboxylic acids is 1. The summed E-state index contributed by atoms with van der Waals surface area (Å²) in [4.78, 5) is 39.6. The van der Waals surface area contributed by atoms with Crippen LogP contribution in [0.15, 0.2) is 65.9 Å². The summed E-state index contributed by atoms with van der Waals surface area (Å²) in [5.41, 5.74) is 3.43. The fraction of sp³-hybridized carbons (Fsp3) is 0.320. The molecule has 0 fully saturated rings. The van der Waals surface area contributed by atoms with E-state index < -0.39 is 12.0 Å². The molecule has 1 amide bonds. The van der Waals surface area contributed by atoms with Gasteiger partial charge < -0.3 is 10.4 Å². The first-order valence-electron chi connectivity index (χ1n) is 10.5. The normalized spacial score (nSPS) is 19.7. The van der Waals surface area contributed by atoms with Crippen molar-refractivity contribution < 1.29 is 19.5 Å². The summed E-state index contributed by atoms with van der Waals surface area (Å²) in [6, 6.07) is 16.3. The Bertz CT molecular complexity index is 1070. The summed E-state index contributed by atoms with van der Waals surface area (Å²) in [6.45, 7) is 4.14. The summed E-state index contributed by atoms with van der Waals surface area (Å²) in [6.07, 6.45) is 0.669. The van der Waals surface area contributed by atoms with Crippen LogP contribution in [0.1, 0.15) is 51.1 Å². The first-order chi connectivity index (χ1) is 14.8. The molecule has 1 unspecified atom stereocenters. The van der Waals surface area contributed by atoms with Crippen molar-refractivity contribution in [3.05, 3.63) is 71.4 Å². The number of ketones is 1. The van der Waals surface area contributed by atoms with Crippen molar-refractivity contribution in [3.8, 4) is 0 Å². The lowest BCUT2D eigenvalue weighted by atomic mass is 9.73. The van der Waals surface area contributed by atoms with E-state index in [1.165, 1.54) is 0 Å². The quantitative estimate of drug-likeness (QED) is 0.752. The zero-order valence-corrected chi connectivity index (χ0v) is 17.7. The van der Waals surface area contributed by atoms with Crippen LogP contribution in [-0.4, -0.2) is 22.8 Å². The monoisotopic (exact) mass is 418 g/mol. The third-order valence-electron chi connectivity index (χ3n) is 5.84. The highest BCUT2D eigenvalue weighted by atomic mass is 16.4. The number of fused-ring (bicyclic) bond motifs is 1. The first-order valence-corrected chi connectivity index (χ1v) is 10.5. The SMILES string of the molecule is CC1(C)CC(=O)C2=C(C1)Nc1ccccc1N(C(=O)CCC(=O)O)C2c1ccccc1. The van der Waals surface area contributed by atoms with Crippen LogP contribution < -0.4 is 10.2 Å². The van der Waals surface area contributed by atoms with Gasteiger partial charge in [0.15, 0.2) is 5.78 Å². The number of anilines is 2. The molecule has 4 rings (SSSR count). The number of carbonyl (C=O) groups is 3. The molecule has 160 valence electrons. The molecule has 31 heavy (non-hydrogen) atoms. The van der Waals surface area contributed by atoms with Crippen molar-refractivity contribution in [3.63, 3.8) is 0 Å². The predicted octanol–water partition coefficient (Wildman–Crippen LogP) is 4.69. The van der Waals surface area contributed by atoms with Crippen LogP contribution in [0.4, 0.5) is 11.4 Å². The van der Waals surface area contributed by atoms with Crippen molar-refractivity contribution in [2.24, 2.45) is 5.41 Å². The number of hydrogen-bond donors (Lipinski definition) is 2. The van der Waals surface area contributed by atoms with Crippen LogP contribution >= 0.6 is 0 Å². The highest BCUT2D eigenvalue weighted by molar-refractivity contribution is 6.06. The maximum atomic E-state index is 13.4. The molecule has 0 bridgehead atoms. The lowest BCUT2D eigenvalue weighted by molar-refractivity contribution is -0.138. The van der Waals surface area contributed by atoms with E-state index in [0.717, 1.165) is 16.9 Å². The third-order valence-corrected chi connectivity index (χ3v) is 5.84. The van der Waals surface area contributed by atoms with Crippen LogP contribution in [0.3, 0.4) is 0 Å². The third kappa shape index (κ3) is 4.10. The number of nitrogens with zero attached hydrogens (tertiary/aromatic N) is 1. The van der Waals surface area contributed by atoms with E-state index in [2.05, 4.69) is 19.2 Å². The Kier molecular flexibility index (Phi) is 5.39. The maximum absolute atomic E-state index is 13.4. The number of rotatable bonds is 4. The number of carboxylic acid groups (broad SMARTS) is 1. The smallest absolute Gasteiger partial charge is 0.303 e. The number of Topliss-reactive ketones (excluding diaryl/α,β-unsaturated/α-hetero) is 1. The minimum Gasteiger partial charge on any atom is -0.481 e. The number of aliphatic carboxylic acids is 1. The van der Waals surface area contributed by atoms with Crippen molar-refractivity contribution in [2.75, 3.05) is 10.2 Å². The summed E-state index contributed by atoms with van der Waals surface area (Å²) >= 11 is 0. The van der Waals surface area contributed by atoms with Crippen molar-refractivity contribution >= 4 is 29.0 Å². The lowest BCUT2D eigenvalue weighted by Gasteiger charge is -2.37. The van der Waals surface area contributed by atoms with Crippen LogP contribution in [0.2, 0.25) is 0 Å². The molecule has 0 saturated carbocycles. The van der Waals surface area contributed by atoms with E-state index in [0.29, 0.717) is 24.1 Å². The number of allylic oxidation sites excluding steroid dienone is 1. The number of carbonyl (C=O) groups excluding carboxylic acids is 2. The van der Waals surface area contributed by atoms with Gasteiger partial charge in [0, 0.05) is 24.1 Å². The molecular weight excluding hydrogens is 392 g/mol. The standard InChI is InChI=1S/C25H26N2O4/c1-25(2)14-18-23(20(28)15-25)24(16-8-4-3-5-9-16)27(21(29)12-13-22(30)31)19-11-7-6-10-17(19)26-18/h3-11,24,26H,12-15H2,1-2H3,(H,30,31). The molecule has 0 aromatic heterocycles. The molecule has 2 aliphatic rings. The molecule has 0 radical (unpaired) electrons. The Labute approximate surface area is 181 Å². The average molecular weight is 418 g/mol. The molecule has 0 saturated heterocycles. The Morgan fingerprint density at radius 1 is 1.03 bits per heavy atom. The summed E-state index contributed by atoms with van der Waals surface area (Å²) < 4.78 is 0. The number of para-hydroxylation sites is 2. The van der Waals surface area contributed by atoms with E-state index in [-0.39, 0.29) is 29.9 Å². The van der Waals surface area contributed by atoms with Gasteiger partial charge in [-0.1, -0.05) is 56.3 Å². The van der Waals surface area contributed by atoms with E-state index >= 15 is 0 Å². The molecule has 1 aliphatic carbocycles. The predicted molar refractivity (Wildman–Crippen MR) is 119 cm³/mol. The van der Waals surface area contributed by atoms with Crippen molar-refractivity contribution in [2.45, 2.75) is 45.6 Å². The molecule has 0 spiro atoms. The van der Waals surface area contributed by atoms with Gasteiger partial charge in [0.25, 0.3) is 0 Å². The average Bonchev–Trinajstić information content (AvgIpc) is 2.86. The van der Waals surface area contributed by atoms with E-state index in [9.17, 15) is 14.4 Å². The minimum atomic E-state index is -1.03. The summed E-state index contributed by atoms with van der Waals surface area (Å²) in [5.74, 6) is -1.34. The first kappa shape index (κ1) is 20.8. The van der Waals surface area contributed by atoms with Crippen molar-refractivity contribution in [1.82, 2.24) is 0 Å². The van der Waals surface area contributed by atoms with Crippen LogP contribution in [0, 0.1) is 5.41 Å². The Morgan fingerprint density at radius 3 is 2.42 bits per heavy atom. The summed E-state index contributed by atoms with van der Waals surface area (Å²) in [7, 11) is 0. The van der Waals surface area contributed by atoms with Gasteiger partial charge in [-0.2, -0.15) is 0 Å². The van der Waals surface area contributed by atoms with Crippen LogP contribution in [0.25, 0.3) is 0 Å². The van der Waals surface area contributed by atoms with E-state index in [4.69, 9.17) is 5.11 Å². The molecule has 1 heterocycles. The topological polar surface area (TPSA) is 86.7 Å². The molecule has 2 aromatic carbocycles. The molecule has 6 heteroatoms. The van der Waals surface area contributed by atoms with Crippen LogP contribution in [-0.2, 0) is 14.4 Å². The second-order valence-corrected chi connectivity index (χ2v) is 8.95. The van der Waals surface area contributed by atoms with Gasteiger partial charge in [-0.25, -0.2) is 0 Å². The molecule has 1 aliphatic heterocycles. The number of nitrogens with one attached hydrogen (secondary N) is 1. The zero-order valence-electron chi connectivity index (χ0n) is 17.7.